The van der Waals surface area contributed by atoms with Gasteiger partial charge in [0.1, 0.15) is 72.9 Å². The van der Waals surface area contributed by atoms with Crippen molar-refractivity contribution < 1.29 is 132 Å². The molecule has 2 heterocycles. The molecule has 36 nitrogen and oxygen atoms in total. The van der Waals surface area contributed by atoms with Crippen LogP contribution >= 0.6 is 7.60 Å². The van der Waals surface area contributed by atoms with Gasteiger partial charge >= 0.3 is 7.60 Å². The highest BCUT2D eigenvalue weighted by atomic mass is 31.2. The Kier molecular flexibility index (Phi) is 47.6. The van der Waals surface area contributed by atoms with Crippen LogP contribution in [0.1, 0.15) is 203 Å². The van der Waals surface area contributed by atoms with Crippen molar-refractivity contribution in [3.8, 4) is 0 Å². The quantitative estimate of drug-likeness (QED) is 0.0183. The van der Waals surface area contributed by atoms with Crippen LogP contribution in [0.15, 0.2) is 0 Å². The van der Waals surface area contributed by atoms with Crippen molar-refractivity contribution in [2.45, 2.75) is 312 Å². The number of amides is 9. The number of aliphatic hydroxyl groups is 9. The molecule has 0 aromatic rings. The van der Waals surface area contributed by atoms with Crippen LogP contribution in [-0.2, 0) is 80.7 Å². The van der Waals surface area contributed by atoms with Gasteiger partial charge in [0.25, 0.3) is 0 Å². The van der Waals surface area contributed by atoms with E-state index in [1.54, 1.807) is 27.7 Å². The summed E-state index contributed by atoms with van der Waals surface area (Å²) in [6, 6.07) is -5.49. The Morgan fingerprint density at radius 3 is 1.38 bits per heavy atom. The monoisotopic (exact) mass is 1550 g/mol. The topological polar surface area (TPSA) is 546 Å². The first-order valence-corrected chi connectivity index (χ1v) is 39.2. The molecule has 2 fully saturated rings. The van der Waals surface area contributed by atoms with Crippen LogP contribution in [0.5, 0.6) is 0 Å². The normalized spacial score (nSPS) is 22.7. The molecule has 2 aliphatic rings. The van der Waals surface area contributed by atoms with Crippen molar-refractivity contribution in [3.63, 3.8) is 0 Å². The first kappa shape index (κ1) is 96.9. The molecular weight excluding hydrogens is 1420 g/mol. The van der Waals surface area contributed by atoms with Crippen molar-refractivity contribution in [1.29, 1.82) is 0 Å². The van der Waals surface area contributed by atoms with Crippen LogP contribution in [0.3, 0.4) is 0 Å². The van der Waals surface area contributed by atoms with Crippen LogP contribution in [0.2, 0.25) is 0 Å². The SMILES string of the molecule is CC(=O)NC1C(OCCCCCC(=O)NCCCCC(NC(=O)CCCCCOC(OC(CO)[C@@H](C)O)[C@H](CO)NC(C)=O)C(=O)NC(CCCCNC(=O)CCCCCOC2OC(CO)C(O)C(O)C2NC(C)=O)C(=O)NCCCCCC(=O)NC(C)(C)CC(C)(C)OP(C)(=O)O)OC(CO)C(O)C1O. The van der Waals surface area contributed by atoms with Gasteiger partial charge in [-0.05, 0) is 131 Å². The average Bonchev–Trinajstić information content (AvgIpc) is 0.812. The smallest absolute Gasteiger partial charge is 0.325 e. The van der Waals surface area contributed by atoms with Crippen molar-refractivity contribution in [3.05, 3.63) is 0 Å². The predicted octanol–water partition coefficient (Wildman–Crippen LogP) is -1.70. The molecular formula is C69H128N9O27P. The number of unbranched alkanes of at least 4 members (excludes halogenated alkanes) is 10. The molecule has 2 saturated heterocycles. The third-order valence-electron chi connectivity index (χ3n) is 17.3. The first-order valence-electron chi connectivity index (χ1n) is 37.2. The third kappa shape index (κ3) is 41.0. The number of ether oxygens (including phenoxy) is 6. The second-order valence-corrected chi connectivity index (χ2v) is 30.4. The third-order valence-corrected chi connectivity index (χ3v) is 18.2. The van der Waals surface area contributed by atoms with E-state index in [0.29, 0.717) is 103 Å². The molecule has 0 bridgehead atoms. The van der Waals surface area contributed by atoms with Crippen LogP contribution in [0, 0.1) is 0 Å². The Morgan fingerprint density at radius 1 is 0.509 bits per heavy atom. The van der Waals surface area contributed by atoms with Crippen molar-refractivity contribution in [2.75, 3.05) is 72.5 Å². The summed E-state index contributed by atoms with van der Waals surface area (Å²) in [6.07, 6.45) is -5.98. The number of aliphatic hydroxyl groups excluding tert-OH is 9. The van der Waals surface area contributed by atoms with Crippen LogP contribution in [0.25, 0.3) is 0 Å². The Balaban J connectivity index is 2.18. The molecule has 17 atom stereocenters. The van der Waals surface area contributed by atoms with Crippen molar-refractivity contribution in [2.24, 2.45) is 0 Å². The summed E-state index contributed by atoms with van der Waals surface area (Å²) in [5, 5.41) is 116. The van der Waals surface area contributed by atoms with E-state index in [4.69, 9.17) is 32.9 Å². The molecule has 106 heavy (non-hydrogen) atoms. The van der Waals surface area contributed by atoms with E-state index in [1.165, 1.54) is 27.7 Å². The summed E-state index contributed by atoms with van der Waals surface area (Å²) in [4.78, 5) is 126. The molecule has 2 aliphatic heterocycles. The van der Waals surface area contributed by atoms with Gasteiger partial charge < -0.3 is 132 Å². The maximum atomic E-state index is 14.4. The molecule has 0 aromatic heterocycles. The zero-order valence-electron chi connectivity index (χ0n) is 63.4. The number of hydrogen-bond donors (Lipinski definition) is 19. The van der Waals surface area contributed by atoms with Gasteiger partial charge in [-0.3, -0.25) is 47.7 Å². The largest absolute Gasteiger partial charge is 0.394 e. The summed E-state index contributed by atoms with van der Waals surface area (Å²) in [5.74, 6) is -3.87. The van der Waals surface area contributed by atoms with Crippen molar-refractivity contribution in [1.82, 2.24) is 47.9 Å². The van der Waals surface area contributed by atoms with Gasteiger partial charge in [-0.25, -0.2) is 0 Å². The number of carbonyl (C=O) groups is 9. The lowest BCUT2D eigenvalue weighted by atomic mass is 9.89. The molecule has 616 valence electrons. The summed E-state index contributed by atoms with van der Waals surface area (Å²) in [5.41, 5.74) is -1.80. The van der Waals surface area contributed by atoms with Crippen LogP contribution in [-0.4, -0.2) is 286 Å². The zero-order valence-corrected chi connectivity index (χ0v) is 64.3. The highest BCUT2D eigenvalue weighted by Gasteiger charge is 2.47. The number of hydrogen-bond acceptors (Lipinski definition) is 26. The Bertz CT molecular complexity index is 2650. The summed E-state index contributed by atoms with van der Waals surface area (Å²) >= 11 is 0. The number of nitrogens with one attached hydrogen (secondary N) is 9. The van der Waals surface area contributed by atoms with Gasteiger partial charge in [0, 0.05) is 98.1 Å². The maximum Gasteiger partial charge on any atom is 0.325 e. The molecule has 2 rings (SSSR count). The van der Waals surface area contributed by atoms with Gasteiger partial charge in [0.05, 0.1) is 38.1 Å². The van der Waals surface area contributed by atoms with Gasteiger partial charge in [0.15, 0.2) is 18.9 Å². The molecule has 0 radical (unpaired) electrons. The number of rotatable bonds is 57. The van der Waals surface area contributed by atoms with E-state index in [2.05, 4.69) is 47.9 Å². The van der Waals surface area contributed by atoms with Gasteiger partial charge in [0.2, 0.25) is 53.2 Å². The summed E-state index contributed by atoms with van der Waals surface area (Å²) < 4.78 is 51.6. The highest BCUT2D eigenvalue weighted by molar-refractivity contribution is 7.51. The molecule has 0 saturated carbocycles. The molecule has 37 heteroatoms. The minimum absolute atomic E-state index is 0.0251. The van der Waals surface area contributed by atoms with Gasteiger partial charge in [-0.1, -0.05) is 25.7 Å². The van der Waals surface area contributed by atoms with Crippen molar-refractivity contribution >= 4 is 60.8 Å². The number of carbonyl (C=O) groups excluding carboxylic acids is 9. The highest BCUT2D eigenvalue weighted by Crippen LogP contribution is 2.44. The standard InChI is InChI=1S/C69H128N9O27P/c1-43(83)50(39-80)102-65(49(38-79)73-44(2)84)99-35-23-13-17-30-55(89)76-48(27-19-22-33-71-54(88)29-16-12-25-37-101-67-58(75-46(4)86)62(94)60(92)52(41-82)104-67)64(96)77-47(63(95)72-34-20-10-14-31-56(90)78-68(5,6)42-69(7,8)105-106(9,97)98)26-18-21-32-70-53(87)28-15-11-24-36-100-66-57(74-45(3)85)61(93)59(91)51(40-81)103-66/h43,47-52,57-62,65-67,79-83,91-94H,10-42H2,1-9H3,(H,70,87)(H,71,88)(H,72,95)(H,73,84)(H,74,85)(H,75,86)(H,76,89)(H,77,96)(H,78,90)(H,97,98)/t43-,47?,48?,49+,50?,51?,52?,57?,58?,59?,60?,61?,62?,65?,66?,67?/m1/s1. The lowest BCUT2D eigenvalue weighted by molar-refractivity contribution is -0.270. The van der Waals surface area contributed by atoms with E-state index in [-0.39, 0.29) is 102 Å². The van der Waals surface area contributed by atoms with Crippen LogP contribution in [0.4, 0.5) is 0 Å². The maximum absolute atomic E-state index is 14.4. The minimum atomic E-state index is -3.81. The van der Waals surface area contributed by atoms with E-state index in [0.717, 1.165) is 6.66 Å². The van der Waals surface area contributed by atoms with E-state index in [1.807, 2.05) is 0 Å². The van der Waals surface area contributed by atoms with E-state index >= 15 is 0 Å². The molecule has 9 amide bonds. The lowest BCUT2D eigenvalue weighted by Gasteiger charge is -2.42. The zero-order chi connectivity index (χ0) is 79.6. The predicted molar refractivity (Wildman–Crippen MR) is 383 cm³/mol. The molecule has 0 aliphatic carbocycles. The summed E-state index contributed by atoms with van der Waals surface area (Å²) in [7, 11) is -3.81. The molecule has 0 aromatic carbocycles. The molecule has 19 N–H and O–H groups in total. The molecule has 0 spiro atoms. The van der Waals surface area contributed by atoms with Gasteiger partial charge in [-0.15, -0.1) is 0 Å². The fourth-order valence-corrected chi connectivity index (χ4v) is 13.3. The van der Waals surface area contributed by atoms with E-state index < -0.39 is 179 Å². The first-order chi connectivity index (χ1) is 50.0. The fourth-order valence-electron chi connectivity index (χ4n) is 12.3. The summed E-state index contributed by atoms with van der Waals surface area (Å²) in [6.45, 7) is 11.6. The second kappa shape index (κ2) is 52.0. The fraction of sp³-hybridized carbons (Fsp3) is 0.870. The Labute approximate surface area is 622 Å². The Hall–Kier alpha value is -5.22. The average molecular weight is 1550 g/mol. The van der Waals surface area contributed by atoms with Gasteiger partial charge in [-0.2, -0.15) is 0 Å². The lowest BCUT2D eigenvalue weighted by Crippen LogP contribution is -2.64. The molecule has 15 unspecified atom stereocenters. The second-order valence-electron chi connectivity index (χ2n) is 28.6. The minimum Gasteiger partial charge on any atom is -0.394 e. The van der Waals surface area contributed by atoms with E-state index in [9.17, 15) is 98.6 Å². The Morgan fingerprint density at radius 2 is 0.943 bits per heavy atom. The van der Waals surface area contributed by atoms with Crippen LogP contribution < -0.4 is 47.9 Å².